The minimum absolute atomic E-state index is 0.107. The van der Waals surface area contributed by atoms with Crippen LogP contribution in [0.4, 0.5) is 11.6 Å². The maximum atomic E-state index is 11.0. The second kappa shape index (κ2) is 6.21. The average molecular weight is 285 g/mol. The van der Waals surface area contributed by atoms with E-state index < -0.39 is 0 Å². The topological polar surface area (TPSA) is 71.8 Å². The van der Waals surface area contributed by atoms with E-state index >= 15 is 0 Å². The highest BCUT2D eigenvalue weighted by Crippen LogP contribution is 2.14. The number of benzene rings is 1. The minimum atomic E-state index is -0.107. The lowest BCUT2D eigenvalue weighted by atomic mass is 10.2. The van der Waals surface area contributed by atoms with E-state index in [2.05, 4.69) is 20.7 Å². The highest BCUT2D eigenvalue weighted by Gasteiger charge is 2.06. The van der Waals surface area contributed by atoms with E-state index in [0.29, 0.717) is 11.8 Å². The zero-order valence-electron chi connectivity index (χ0n) is 12.6. The average Bonchev–Trinajstić information content (AvgIpc) is 2.71. The molecule has 0 radical (unpaired) electrons. The van der Waals surface area contributed by atoms with Gasteiger partial charge >= 0.3 is 0 Å². The van der Waals surface area contributed by atoms with Crippen molar-refractivity contribution in [3.63, 3.8) is 0 Å². The molecule has 1 amide bonds. The number of carbonyl (C=O) groups is 1. The number of allylic oxidation sites excluding steroid dienone is 1. The Morgan fingerprint density at radius 3 is 2.52 bits per heavy atom. The van der Waals surface area contributed by atoms with Crippen LogP contribution in [-0.2, 0) is 11.8 Å². The van der Waals surface area contributed by atoms with E-state index in [1.165, 1.54) is 12.5 Å². The van der Waals surface area contributed by atoms with Gasteiger partial charge in [0.25, 0.3) is 0 Å². The van der Waals surface area contributed by atoms with E-state index in [-0.39, 0.29) is 5.91 Å². The fourth-order valence-corrected chi connectivity index (χ4v) is 1.85. The number of nitrogens with one attached hydrogen (secondary N) is 2. The molecule has 110 valence electrons. The molecule has 6 heteroatoms. The van der Waals surface area contributed by atoms with Crippen LogP contribution >= 0.6 is 0 Å². The molecule has 1 aromatic heterocycles. The van der Waals surface area contributed by atoms with E-state index in [4.69, 9.17) is 0 Å². The Labute approximate surface area is 123 Å². The summed E-state index contributed by atoms with van der Waals surface area (Å²) in [5.74, 6) is 1.07. The lowest BCUT2D eigenvalue weighted by Crippen LogP contribution is -2.17. The molecule has 1 aromatic carbocycles. The molecule has 21 heavy (non-hydrogen) atoms. The van der Waals surface area contributed by atoms with Crippen molar-refractivity contribution in [2.45, 2.75) is 20.8 Å². The fourth-order valence-electron chi connectivity index (χ4n) is 1.85. The van der Waals surface area contributed by atoms with E-state index in [1.54, 1.807) is 17.8 Å². The van der Waals surface area contributed by atoms with Crippen LogP contribution in [0.15, 0.2) is 30.0 Å². The molecule has 0 spiro atoms. The van der Waals surface area contributed by atoms with Gasteiger partial charge in [0.1, 0.15) is 0 Å². The molecular weight excluding hydrogens is 266 g/mol. The molecule has 0 fully saturated rings. The van der Waals surface area contributed by atoms with Gasteiger partial charge in [0.05, 0.1) is 0 Å². The Kier molecular flexibility index (Phi) is 4.37. The van der Waals surface area contributed by atoms with Gasteiger partial charge in [-0.1, -0.05) is 17.7 Å². The number of carbonyl (C=O) groups excluding carboxylic acids is 1. The lowest BCUT2D eigenvalue weighted by molar-refractivity contribution is -0.118. The molecule has 6 nitrogen and oxygen atoms in total. The number of rotatable bonds is 4. The van der Waals surface area contributed by atoms with Crippen molar-refractivity contribution in [3.05, 3.63) is 41.4 Å². The summed E-state index contributed by atoms with van der Waals surface area (Å²) in [6.07, 6.45) is 1.77. The van der Waals surface area contributed by atoms with Gasteiger partial charge in [-0.15, -0.1) is 5.10 Å². The maximum Gasteiger partial charge on any atom is 0.247 e. The third-order valence-electron chi connectivity index (χ3n) is 2.82. The molecule has 2 rings (SSSR count). The normalized spacial score (nSPS) is 11.3. The summed E-state index contributed by atoms with van der Waals surface area (Å²) in [6, 6.07) is 7.99. The molecule has 0 atom stereocenters. The summed E-state index contributed by atoms with van der Waals surface area (Å²) in [7, 11) is 1.81. The van der Waals surface area contributed by atoms with Crippen molar-refractivity contribution in [2.75, 3.05) is 5.32 Å². The number of hydrogen-bond donors (Lipinski definition) is 2. The van der Waals surface area contributed by atoms with Crippen LogP contribution < -0.4 is 10.6 Å². The number of aryl methyl sites for hydroxylation is 2. The molecule has 0 aliphatic heterocycles. The zero-order valence-corrected chi connectivity index (χ0v) is 12.6. The SMILES string of the molecule is CC(=O)N/C(C)=C\c1nc(Nc2ccc(C)cc2)nn1C. The van der Waals surface area contributed by atoms with E-state index in [9.17, 15) is 4.79 Å². The molecule has 0 saturated carbocycles. The van der Waals surface area contributed by atoms with Crippen LogP contribution in [0.2, 0.25) is 0 Å². The Morgan fingerprint density at radius 1 is 1.24 bits per heavy atom. The van der Waals surface area contributed by atoms with Gasteiger partial charge in [0, 0.05) is 31.4 Å². The largest absolute Gasteiger partial charge is 0.330 e. The predicted molar refractivity (Wildman–Crippen MR) is 82.9 cm³/mol. The second-order valence-corrected chi connectivity index (χ2v) is 4.92. The van der Waals surface area contributed by atoms with Gasteiger partial charge in [-0.05, 0) is 26.0 Å². The molecule has 1 heterocycles. The summed E-state index contributed by atoms with van der Waals surface area (Å²) in [4.78, 5) is 15.4. The quantitative estimate of drug-likeness (QED) is 0.904. The molecule has 0 bridgehead atoms. The van der Waals surface area contributed by atoms with Gasteiger partial charge in [-0.3, -0.25) is 4.79 Å². The fraction of sp³-hybridized carbons (Fsp3) is 0.267. The summed E-state index contributed by atoms with van der Waals surface area (Å²) < 4.78 is 1.65. The zero-order chi connectivity index (χ0) is 15.4. The number of anilines is 2. The van der Waals surface area contributed by atoms with Crippen LogP contribution in [0.25, 0.3) is 6.08 Å². The van der Waals surface area contributed by atoms with Crippen LogP contribution in [0.3, 0.4) is 0 Å². The number of amides is 1. The van der Waals surface area contributed by atoms with Crippen molar-refractivity contribution in [3.8, 4) is 0 Å². The van der Waals surface area contributed by atoms with Crippen LogP contribution in [0.1, 0.15) is 25.2 Å². The van der Waals surface area contributed by atoms with Gasteiger partial charge in [0.2, 0.25) is 11.9 Å². The summed E-state index contributed by atoms with van der Waals surface area (Å²) in [6.45, 7) is 5.32. The van der Waals surface area contributed by atoms with Crippen LogP contribution in [0, 0.1) is 6.92 Å². The van der Waals surface area contributed by atoms with Crippen LogP contribution in [-0.4, -0.2) is 20.7 Å². The highest BCUT2D eigenvalue weighted by atomic mass is 16.1. The van der Waals surface area contributed by atoms with Crippen LogP contribution in [0.5, 0.6) is 0 Å². The number of nitrogens with zero attached hydrogens (tertiary/aromatic N) is 3. The summed E-state index contributed by atoms with van der Waals surface area (Å²) in [5.41, 5.74) is 2.85. The van der Waals surface area contributed by atoms with E-state index in [1.807, 2.05) is 38.1 Å². The van der Waals surface area contributed by atoms with Gasteiger partial charge in [-0.2, -0.15) is 4.98 Å². The number of aromatic nitrogens is 3. The lowest BCUT2D eigenvalue weighted by Gasteiger charge is -2.01. The van der Waals surface area contributed by atoms with Crippen molar-refractivity contribution in [1.82, 2.24) is 20.1 Å². The predicted octanol–water partition coefficient (Wildman–Crippen LogP) is 2.36. The standard InChI is InChI=1S/C15H19N5O/c1-10-5-7-13(8-6-10)17-15-18-14(20(4)19-15)9-11(2)16-12(3)21/h5-9H,1-4H3,(H,16,21)(H,17,19)/b11-9-. The Morgan fingerprint density at radius 2 is 1.90 bits per heavy atom. The summed E-state index contributed by atoms with van der Waals surface area (Å²) >= 11 is 0. The molecular formula is C15H19N5O. The molecule has 2 N–H and O–H groups in total. The molecule has 0 aliphatic carbocycles. The first kappa shape index (κ1) is 14.8. The number of hydrogen-bond acceptors (Lipinski definition) is 4. The molecule has 0 saturated heterocycles. The third-order valence-corrected chi connectivity index (χ3v) is 2.82. The van der Waals surface area contributed by atoms with Crippen molar-refractivity contribution < 1.29 is 4.79 Å². The Bertz CT molecular complexity index is 670. The maximum absolute atomic E-state index is 11.0. The minimum Gasteiger partial charge on any atom is -0.330 e. The Hall–Kier alpha value is -2.63. The first-order valence-corrected chi connectivity index (χ1v) is 6.64. The van der Waals surface area contributed by atoms with Crippen molar-refractivity contribution in [2.24, 2.45) is 7.05 Å². The summed E-state index contributed by atoms with van der Waals surface area (Å²) in [5, 5.41) is 10.1. The molecule has 2 aromatic rings. The van der Waals surface area contributed by atoms with E-state index in [0.717, 1.165) is 11.4 Å². The smallest absolute Gasteiger partial charge is 0.247 e. The monoisotopic (exact) mass is 285 g/mol. The highest BCUT2D eigenvalue weighted by molar-refractivity contribution is 5.76. The molecule has 0 unspecified atom stereocenters. The molecule has 0 aliphatic rings. The Balaban J connectivity index is 2.15. The first-order valence-electron chi connectivity index (χ1n) is 6.64. The van der Waals surface area contributed by atoms with Gasteiger partial charge in [0.15, 0.2) is 5.82 Å². The second-order valence-electron chi connectivity index (χ2n) is 4.92. The van der Waals surface area contributed by atoms with Gasteiger partial charge in [-0.25, -0.2) is 4.68 Å². The first-order chi connectivity index (χ1) is 9.94. The third kappa shape index (κ3) is 4.17. The van der Waals surface area contributed by atoms with Crippen molar-refractivity contribution in [1.29, 1.82) is 0 Å². The van der Waals surface area contributed by atoms with Crippen molar-refractivity contribution >= 4 is 23.6 Å². The van der Waals surface area contributed by atoms with Gasteiger partial charge < -0.3 is 10.6 Å².